The molecule has 0 aliphatic heterocycles. The van der Waals surface area contributed by atoms with Gasteiger partial charge in [0.15, 0.2) is 0 Å². The van der Waals surface area contributed by atoms with Crippen molar-refractivity contribution in [1.29, 1.82) is 0 Å². The van der Waals surface area contributed by atoms with E-state index in [4.69, 9.17) is 0 Å². The van der Waals surface area contributed by atoms with Crippen LogP contribution in [-0.2, 0) is 4.74 Å². The van der Waals surface area contributed by atoms with Gasteiger partial charge < -0.3 is 4.74 Å². The minimum atomic E-state index is -5.19. The lowest BCUT2D eigenvalue weighted by Gasteiger charge is -2.15. The molecular formula is C5H7F5O. The van der Waals surface area contributed by atoms with Crippen LogP contribution < -0.4 is 0 Å². The van der Waals surface area contributed by atoms with Crippen molar-refractivity contribution in [3.05, 3.63) is 0 Å². The predicted molar refractivity (Wildman–Crippen MR) is 27.5 cm³/mol. The first-order valence-electron chi connectivity index (χ1n) is 2.86. The smallest absolute Gasteiger partial charge is 0.346 e. The third-order valence-electron chi connectivity index (χ3n) is 0.869. The summed E-state index contributed by atoms with van der Waals surface area (Å²) in [5, 5.41) is 0. The quantitative estimate of drug-likeness (QED) is 0.602. The Labute approximate surface area is 60.1 Å². The average Bonchev–Trinajstić information content (AvgIpc) is 1.85. The van der Waals surface area contributed by atoms with Crippen LogP contribution in [0.2, 0.25) is 0 Å². The Kier molecular flexibility index (Phi) is 3.71. The Hall–Kier alpha value is -0.390. The van der Waals surface area contributed by atoms with Crippen LogP contribution in [0.15, 0.2) is 0 Å². The highest BCUT2D eigenvalue weighted by molar-refractivity contribution is 4.68. The van der Waals surface area contributed by atoms with Crippen LogP contribution in [0.25, 0.3) is 0 Å². The van der Waals surface area contributed by atoms with E-state index in [2.05, 4.69) is 4.74 Å². The van der Waals surface area contributed by atoms with E-state index in [0.717, 1.165) is 0 Å². The van der Waals surface area contributed by atoms with Crippen molar-refractivity contribution in [2.45, 2.75) is 25.6 Å². The maximum atomic E-state index is 12.0. The summed E-state index contributed by atoms with van der Waals surface area (Å²) < 4.78 is 61.6. The summed E-state index contributed by atoms with van der Waals surface area (Å²) in [5.74, 6) is 0. The van der Waals surface area contributed by atoms with E-state index in [1.165, 1.54) is 6.92 Å². The van der Waals surface area contributed by atoms with Crippen molar-refractivity contribution >= 4 is 0 Å². The molecule has 0 heterocycles. The molecule has 0 saturated carbocycles. The highest BCUT2D eigenvalue weighted by Gasteiger charge is 2.46. The molecule has 0 aromatic heterocycles. The second kappa shape index (κ2) is 3.85. The Morgan fingerprint density at radius 3 is 2.00 bits per heavy atom. The van der Waals surface area contributed by atoms with Crippen LogP contribution in [0, 0.1) is 0 Å². The molecule has 0 aromatic rings. The highest BCUT2D eigenvalue weighted by atomic mass is 19.4. The number of hydrogen-bond donors (Lipinski definition) is 0. The van der Waals surface area contributed by atoms with E-state index in [1.54, 1.807) is 0 Å². The van der Waals surface area contributed by atoms with Crippen LogP contribution in [0.5, 0.6) is 0 Å². The lowest BCUT2D eigenvalue weighted by atomic mass is 10.4. The van der Waals surface area contributed by atoms with Crippen LogP contribution in [0.4, 0.5) is 22.0 Å². The van der Waals surface area contributed by atoms with E-state index in [1.807, 2.05) is 0 Å². The molecular weight excluding hydrogens is 171 g/mol. The predicted octanol–water partition coefficient (Wildman–Crippen LogP) is 2.22. The number of ether oxygens (including phenoxy) is 1. The molecule has 0 radical (unpaired) electrons. The third kappa shape index (κ3) is 3.50. The third-order valence-corrected chi connectivity index (χ3v) is 0.869. The first-order valence-corrected chi connectivity index (χ1v) is 2.86. The molecule has 6 heteroatoms. The fourth-order valence-electron chi connectivity index (χ4n) is 0.392. The standard InChI is InChI=1S/C5H7F5O/c1-2-11-4(7)3(6)5(8,9)10/h3-4H,2H2,1H3. The maximum Gasteiger partial charge on any atom is 0.425 e. The van der Waals surface area contributed by atoms with Crippen LogP contribution in [-0.4, -0.2) is 25.3 Å². The van der Waals surface area contributed by atoms with E-state index >= 15 is 0 Å². The van der Waals surface area contributed by atoms with Crippen LogP contribution >= 0.6 is 0 Å². The second-order valence-electron chi connectivity index (χ2n) is 1.75. The number of hydrogen-bond acceptors (Lipinski definition) is 1. The molecule has 0 amide bonds. The summed E-state index contributed by atoms with van der Waals surface area (Å²) in [5.41, 5.74) is 0. The average molecular weight is 178 g/mol. The highest BCUT2D eigenvalue weighted by Crippen LogP contribution is 2.27. The normalized spacial score (nSPS) is 18.0. The van der Waals surface area contributed by atoms with Gasteiger partial charge in [-0.1, -0.05) is 0 Å². The van der Waals surface area contributed by atoms with E-state index < -0.39 is 18.7 Å². The fourth-order valence-corrected chi connectivity index (χ4v) is 0.392. The minimum absolute atomic E-state index is 0.294. The van der Waals surface area contributed by atoms with E-state index in [-0.39, 0.29) is 6.61 Å². The lowest BCUT2D eigenvalue weighted by molar-refractivity contribution is -0.234. The number of halogens is 5. The maximum absolute atomic E-state index is 12.0. The summed E-state index contributed by atoms with van der Waals surface area (Å²) >= 11 is 0. The Bertz CT molecular complexity index is 112. The van der Waals surface area contributed by atoms with E-state index in [0.29, 0.717) is 0 Å². The van der Waals surface area contributed by atoms with Crippen LogP contribution in [0.1, 0.15) is 6.92 Å². The van der Waals surface area contributed by atoms with Gasteiger partial charge in [0.2, 0.25) is 6.36 Å². The molecule has 11 heavy (non-hydrogen) atoms. The SMILES string of the molecule is CCOC(F)C(F)C(F)(F)F. The monoisotopic (exact) mass is 178 g/mol. The summed E-state index contributed by atoms with van der Waals surface area (Å²) in [4.78, 5) is 0. The van der Waals surface area contributed by atoms with E-state index in [9.17, 15) is 22.0 Å². The molecule has 0 saturated heterocycles. The summed E-state index contributed by atoms with van der Waals surface area (Å²) in [6.45, 7) is 0.980. The Morgan fingerprint density at radius 1 is 1.27 bits per heavy atom. The zero-order valence-corrected chi connectivity index (χ0v) is 5.66. The molecule has 0 aromatic carbocycles. The van der Waals surface area contributed by atoms with Gasteiger partial charge in [-0.05, 0) is 6.92 Å². The van der Waals surface area contributed by atoms with Gasteiger partial charge in [-0.25, -0.2) is 8.78 Å². The molecule has 2 atom stereocenters. The van der Waals surface area contributed by atoms with Gasteiger partial charge in [0, 0.05) is 6.61 Å². The van der Waals surface area contributed by atoms with Gasteiger partial charge in [0.1, 0.15) is 0 Å². The van der Waals surface area contributed by atoms with Gasteiger partial charge >= 0.3 is 6.18 Å². The van der Waals surface area contributed by atoms with Crippen molar-refractivity contribution in [2.75, 3.05) is 6.61 Å². The molecule has 0 bridgehead atoms. The molecule has 0 aliphatic carbocycles. The molecule has 68 valence electrons. The number of alkyl halides is 5. The zero-order chi connectivity index (χ0) is 9.07. The molecule has 0 aliphatic rings. The Balaban J connectivity index is 3.91. The molecule has 0 spiro atoms. The molecule has 0 rings (SSSR count). The number of rotatable bonds is 3. The molecule has 1 nitrogen and oxygen atoms in total. The second-order valence-corrected chi connectivity index (χ2v) is 1.75. The van der Waals surface area contributed by atoms with Gasteiger partial charge in [-0.15, -0.1) is 0 Å². The van der Waals surface area contributed by atoms with Gasteiger partial charge in [0.05, 0.1) is 0 Å². The Morgan fingerprint density at radius 2 is 1.73 bits per heavy atom. The van der Waals surface area contributed by atoms with Gasteiger partial charge in [-0.2, -0.15) is 13.2 Å². The minimum Gasteiger partial charge on any atom is -0.346 e. The topological polar surface area (TPSA) is 9.23 Å². The largest absolute Gasteiger partial charge is 0.425 e. The zero-order valence-electron chi connectivity index (χ0n) is 5.66. The molecule has 2 unspecified atom stereocenters. The van der Waals surface area contributed by atoms with Crippen molar-refractivity contribution < 1.29 is 26.7 Å². The lowest BCUT2D eigenvalue weighted by Crippen LogP contribution is -2.35. The van der Waals surface area contributed by atoms with Crippen molar-refractivity contribution in [3.63, 3.8) is 0 Å². The summed E-state index contributed by atoms with van der Waals surface area (Å²) in [6.07, 6.45) is -11.7. The first-order chi connectivity index (χ1) is 4.89. The van der Waals surface area contributed by atoms with Crippen molar-refractivity contribution in [3.8, 4) is 0 Å². The summed E-state index contributed by atoms with van der Waals surface area (Å²) in [7, 11) is 0. The van der Waals surface area contributed by atoms with Crippen molar-refractivity contribution in [2.24, 2.45) is 0 Å². The van der Waals surface area contributed by atoms with Gasteiger partial charge in [0.25, 0.3) is 6.17 Å². The molecule has 0 fully saturated rings. The van der Waals surface area contributed by atoms with Crippen LogP contribution in [0.3, 0.4) is 0 Å². The molecule has 0 N–H and O–H groups in total. The van der Waals surface area contributed by atoms with Gasteiger partial charge in [-0.3, -0.25) is 0 Å². The summed E-state index contributed by atoms with van der Waals surface area (Å²) in [6, 6.07) is 0. The fraction of sp³-hybridized carbons (Fsp3) is 1.00. The first kappa shape index (κ1) is 10.6. The van der Waals surface area contributed by atoms with Crippen molar-refractivity contribution in [1.82, 2.24) is 0 Å².